The molecule has 9 heteroatoms. The fraction of sp³-hybridized carbons (Fsp3) is 0.822. The lowest BCUT2D eigenvalue weighted by Crippen LogP contribution is -2.46. The Kier molecular flexibility index (Phi) is 61.8. The number of aliphatic hydroxyl groups is 1. The van der Waals surface area contributed by atoms with Gasteiger partial charge in [-0.05, 0) is 64.2 Å². The number of nitrogens with zero attached hydrogens (tertiary/aromatic N) is 1. The maximum Gasteiger partial charge on any atom is 0.472 e. The smallest absolute Gasteiger partial charge is 0.391 e. The van der Waals surface area contributed by atoms with Gasteiger partial charge in [-0.3, -0.25) is 13.8 Å². The molecular weight excluding hydrogens is 1030 g/mol. The van der Waals surface area contributed by atoms with E-state index in [1.54, 1.807) is 0 Å². The van der Waals surface area contributed by atoms with Crippen LogP contribution in [0.25, 0.3) is 0 Å². The number of allylic oxidation sites excluding steroid dienone is 12. The largest absolute Gasteiger partial charge is 0.472 e. The van der Waals surface area contributed by atoms with Crippen molar-refractivity contribution in [2.75, 3.05) is 40.9 Å². The highest BCUT2D eigenvalue weighted by Gasteiger charge is 2.28. The van der Waals surface area contributed by atoms with E-state index in [1.165, 1.54) is 231 Å². The van der Waals surface area contributed by atoms with Gasteiger partial charge in [0.05, 0.1) is 39.9 Å². The Labute approximate surface area is 510 Å². The summed E-state index contributed by atoms with van der Waals surface area (Å²) in [4.78, 5) is 23.5. The first kappa shape index (κ1) is 79.9. The van der Waals surface area contributed by atoms with E-state index in [0.29, 0.717) is 23.9 Å². The molecule has 0 fully saturated rings. The van der Waals surface area contributed by atoms with Gasteiger partial charge in [0.25, 0.3) is 0 Å². The number of carbonyl (C=O) groups excluding carboxylic acids is 1. The van der Waals surface area contributed by atoms with E-state index in [9.17, 15) is 19.4 Å². The van der Waals surface area contributed by atoms with Gasteiger partial charge in [0.15, 0.2) is 0 Å². The molecule has 0 rings (SSSR count). The second-order valence-electron chi connectivity index (χ2n) is 25.2. The number of hydrogen-bond donors (Lipinski definition) is 3. The van der Waals surface area contributed by atoms with Crippen LogP contribution in [0.2, 0.25) is 0 Å². The van der Waals surface area contributed by atoms with Crippen molar-refractivity contribution in [3.05, 3.63) is 72.9 Å². The van der Waals surface area contributed by atoms with Gasteiger partial charge in [0.1, 0.15) is 13.2 Å². The van der Waals surface area contributed by atoms with Crippen LogP contribution in [0.15, 0.2) is 72.9 Å². The van der Waals surface area contributed by atoms with Crippen LogP contribution in [0.3, 0.4) is 0 Å². The van der Waals surface area contributed by atoms with E-state index in [4.69, 9.17) is 9.05 Å². The fourth-order valence-corrected chi connectivity index (χ4v) is 11.3. The summed E-state index contributed by atoms with van der Waals surface area (Å²) in [6, 6.07) is -0.762. The normalized spacial score (nSPS) is 14.1. The summed E-state index contributed by atoms with van der Waals surface area (Å²) >= 11 is 0. The van der Waals surface area contributed by atoms with Crippen molar-refractivity contribution in [1.82, 2.24) is 5.32 Å². The van der Waals surface area contributed by atoms with Gasteiger partial charge >= 0.3 is 7.82 Å². The molecule has 3 atom stereocenters. The van der Waals surface area contributed by atoms with Crippen molar-refractivity contribution in [2.24, 2.45) is 0 Å². The van der Waals surface area contributed by atoms with Gasteiger partial charge in [-0.1, -0.05) is 337 Å². The molecule has 0 aliphatic heterocycles. The third-order valence-electron chi connectivity index (χ3n) is 16.0. The second kappa shape index (κ2) is 63.4. The molecule has 480 valence electrons. The topological polar surface area (TPSA) is 105 Å². The molecule has 0 aliphatic carbocycles. The van der Waals surface area contributed by atoms with E-state index in [1.807, 2.05) is 21.1 Å². The van der Waals surface area contributed by atoms with Crippen LogP contribution in [0.4, 0.5) is 0 Å². The van der Waals surface area contributed by atoms with Crippen LogP contribution < -0.4 is 5.32 Å². The minimum Gasteiger partial charge on any atom is -0.391 e. The summed E-state index contributed by atoms with van der Waals surface area (Å²) in [6.07, 6.45) is 88.6. The van der Waals surface area contributed by atoms with Gasteiger partial charge < -0.3 is 19.8 Å². The maximum atomic E-state index is 13.1. The van der Waals surface area contributed by atoms with Crippen molar-refractivity contribution in [3.63, 3.8) is 0 Å². The highest BCUT2D eigenvalue weighted by Crippen LogP contribution is 2.43. The molecule has 0 aromatic heterocycles. The first-order valence-corrected chi connectivity index (χ1v) is 36.8. The molecule has 0 heterocycles. The SMILES string of the molecule is CC/C=C\C/C=C\C/C=C\C/C=C\C/C=C\C/C=C\CCCCCCCCCCCCCCCCCCCCCCC(=O)NC(COP(=O)(O)OCC[N+](C)(C)C)C(O)CCCCCCCCCCCCCCCCCCCCCCC. The standard InChI is InChI=1S/C73H137N2O6P/c1-6-8-10-12-14-16-18-20-22-24-26-28-29-30-31-32-33-34-35-36-37-38-39-40-41-42-43-44-45-47-49-51-53-55-57-59-61-63-65-67-73(77)74-71(70-81-82(78,79)80-69-68-75(3,4)5)72(76)66-64-62-60-58-56-54-52-50-48-46-27-25-23-21-19-17-15-13-11-9-7-2/h8,10,14,16,20,22,26,28,30-31,33-34,71-72,76H,6-7,9,11-13,15,17-19,21,23-25,27,29,32,35-70H2,1-5H3,(H-,74,77,78,79)/p+1/b10-8-,16-14-,22-20-,28-26-,31-30-,34-33-. The summed E-state index contributed by atoms with van der Waals surface area (Å²) in [5, 5.41) is 14.1. The first-order chi connectivity index (χ1) is 40.0. The summed E-state index contributed by atoms with van der Waals surface area (Å²) in [6.45, 7) is 4.82. The molecule has 0 aromatic rings. The van der Waals surface area contributed by atoms with Crippen LogP contribution in [0, 0.1) is 0 Å². The highest BCUT2D eigenvalue weighted by molar-refractivity contribution is 7.47. The van der Waals surface area contributed by atoms with Crippen LogP contribution in [-0.4, -0.2) is 73.4 Å². The zero-order valence-electron chi connectivity index (χ0n) is 55.0. The minimum atomic E-state index is -4.33. The van der Waals surface area contributed by atoms with E-state index in [-0.39, 0.29) is 19.1 Å². The monoisotopic (exact) mass is 1170 g/mol. The molecule has 0 radical (unpaired) electrons. The summed E-state index contributed by atoms with van der Waals surface area (Å²) in [7, 11) is 1.63. The molecule has 0 spiro atoms. The molecule has 0 bridgehead atoms. The molecule has 8 nitrogen and oxygen atoms in total. The predicted molar refractivity (Wildman–Crippen MR) is 360 cm³/mol. The fourth-order valence-electron chi connectivity index (χ4n) is 10.5. The number of phosphoric ester groups is 1. The van der Waals surface area contributed by atoms with Crippen molar-refractivity contribution in [3.8, 4) is 0 Å². The Bertz CT molecular complexity index is 1570. The summed E-state index contributed by atoms with van der Waals surface area (Å²) in [5.41, 5.74) is 0. The van der Waals surface area contributed by atoms with Crippen LogP contribution >= 0.6 is 7.82 Å². The number of amides is 1. The molecule has 0 aliphatic rings. The third-order valence-corrected chi connectivity index (χ3v) is 17.0. The van der Waals surface area contributed by atoms with Gasteiger partial charge in [-0.2, -0.15) is 0 Å². The van der Waals surface area contributed by atoms with Crippen molar-refractivity contribution >= 4 is 13.7 Å². The highest BCUT2D eigenvalue weighted by atomic mass is 31.2. The van der Waals surface area contributed by atoms with Crippen molar-refractivity contribution in [1.29, 1.82) is 0 Å². The van der Waals surface area contributed by atoms with E-state index in [2.05, 4.69) is 92.1 Å². The van der Waals surface area contributed by atoms with Gasteiger partial charge in [0, 0.05) is 6.42 Å². The van der Waals surface area contributed by atoms with Gasteiger partial charge in [0.2, 0.25) is 5.91 Å². The van der Waals surface area contributed by atoms with E-state index in [0.717, 1.165) is 77.0 Å². The quantitative estimate of drug-likeness (QED) is 0.0243. The van der Waals surface area contributed by atoms with Gasteiger partial charge in [-0.15, -0.1) is 0 Å². The molecule has 82 heavy (non-hydrogen) atoms. The molecule has 0 saturated heterocycles. The third kappa shape index (κ3) is 65.5. The minimum absolute atomic E-state index is 0.0753. The van der Waals surface area contributed by atoms with E-state index >= 15 is 0 Å². The van der Waals surface area contributed by atoms with Crippen LogP contribution in [0.1, 0.15) is 335 Å². The number of unbranched alkanes of at least 4 members (excludes halogenated alkanes) is 40. The lowest BCUT2D eigenvalue weighted by Gasteiger charge is -2.26. The molecule has 0 aromatic carbocycles. The van der Waals surface area contributed by atoms with E-state index < -0.39 is 20.0 Å². The Morgan fingerprint density at radius 1 is 0.427 bits per heavy atom. The number of phosphoric acid groups is 1. The maximum absolute atomic E-state index is 13.1. The number of rotatable bonds is 65. The number of hydrogen-bond acceptors (Lipinski definition) is 5. The first-order valence-electron chi connectivity index (χ1n) is 35.3. The summed E-state index contributed by atoms with van der Waals surface area (Å²) in [5.74, 6) is -0.139. The number of likely N-dealkylation sites (N-methyl/N-ethyl adjacent to an activating group) is 1. The molecule has 3 unspecified atom stereocenters. The number of quaternary nitrogens is 1. The second-order valence-corrected chi connectivity index (χ2v) is 26.7. The molecule has 0 saturated carbocycles. The average Bonchev–Trinajstić information content (AvgIpc) is 3.46. The zero-order valence-corrected chi connectivity index (χ0v) is 55.9. The molecular formula is C73H138N2O6P+. The van der Waals surface area contributed by atoms with Crippen LogP contribution in [0.5, 0.6) is 0 Å². The number of aliphatic hydroxyl groups excluding tert-OH is 1. The predicted octanol–water partition coefficient (Wildman–Crippen LogP) is 22.6. The number of nitrogens with one attached hydrogen (secondary N) is 1. The van der Waals surface area contributed by atoms with Gasteiger partial charge in [-0.25, -0.2) is 4.57 Å². The molecule has 1 amide bonds. The lowest BCUT2D eigenvalue weighted by atomic mass is 10.0. The van der Waals surface area contributed by atoms with Crippen molar-refractivity contribution in [2.45, 2.75) is 347 Å². The Hall–Kier alpha value is -2.06. The molecule has 3 N–H and O–H groups in total. The van der Waals surface area contributed by atoms with Crippen molar-refractivity contribution < 1.29 is 32.9 Å². The Morgan fingerprint density at radius 2 is 0.732 bits per heavy atom. The average molecular weight is 1170 g/mol. The Morgan fingerprint density at radius 3 is 1.07 bits per heavy atom. The summed E-state index contributed by atoms with van der Waals surface area (Å²) < 4.78 is 23.9. The Balaban J connectivity index is 3.96. The lowest BCUT2D eigenvalue weighted by molar-refractivity contribution is -0.870. The van der Waals surface area contributed by atoms with Crippen LogP contribution in [-0.2, 0) is 18.4 Å². The number of carbonyl (C=O) groups is 1. The zero-order chi connectivity index (χ0) is 59.8.